The average Bonchev–Trinajstić information content (AvgIpc) is 3.48. The van der Waals surface area contributed by atoms with Gasteiger partial charge in [0.25, 0.3) is 0 Å². The van der Waals surface area contributed by atoms with Gasteiger partial charge in [-0.1, -0.05) is 145 Å². The van der Waals surface area contributed by atoms with E-state index in [2.05, 4.69) is 140 Å². The highest BCUT2D eigenvalue weighted by Gasteiger charge is 2.51. The van der Waals surface area contributed by atoms with Crippen LogP contribution in [0.4, 0.5) is 0 Å². The number of rotatable bonds is 4. The average molecular weight is 673 g/mol. The molecule has 2 heterocycles. The summed E-state index contributed by atoms with van der Waals surface area (Å²) in [5.74, 6) is 2.30. The van der Waals surface area contributed by atoms with E-state index in [1.807, 2.05) is 36.4 Å². The molecule has 0 amide bonds. The smallest absolute Gasteiger partial charge is 0.160 e. The number of fused-ring (bicyclic) bond motifs is 9. The van der Waals surface area contributed by atoms with Crippen molar-refractivity contribution in [3.05, 3.63) is 203 Å². The minimum Gasteiger partial charge on any atom is -0.457 e. The van der Waals surface area contributed by atoms with Crippen LogP contribution in [0.3, 0.4) is 0 Å². The highest BCUT2D eigenvalue weighted by Crippen LogP contribution is 2.62. The Morgan fingerprint density at radius 2 is 1.00 bits per heavy atom. The van der Waals surface area contributed by atoms with Crippen LogP contribution in [0.5, 0.6) is 11.5 Å². The second-order valence-corrected chi connectivity index (χ2v) is 13.5. The van der Waals surface area contributed by atoms with E-state index >= 15 is 0 Å². The summed E-state index contributed by atoms with van der Waals surface area (Å²) in [6, 6.07) is 61.1. The van der Waals surface area contributed by atoms with E-state index in [9.17, 15) is 0 Å². The molecule has 1 aliphatic heterocycles. The first kappa shape index (κ1) is 29.6. The number of para-hydroxylation sites is 1. The van der Waals surface area contributed by atoms with Gasteiger partial charge in [0, 0.05) is 32.8 Å². The number of benzene rings is 7. The van der Waals surface area contributed by atoms with Gasteiger partial charge in [0.05, 0.1) is 16.8 Å². The van der Waals surface area contributed by atoms with Gasteiger partial charge in [-0.25, -0.2) is 9.97 Å². The first-order chi connectivity index (χ1) is 25.2. The molecule has 0 fully saturated rings. The lowest BCUT2D eigenvalue weighted by atomic mass is 9.66. The molecule has 240 valence electrons. The van der Waals surface area contributed by atoms with Crippen LogP contribution in [0.15, 0.2) is 176 Å². The number of aromatic nitrogens is 2. The van der Waals surface area contributed by atoms with Crippen LogP contribution < -0.4 is 4.74 Å². The fourth-order valence-corrected chi connectivity index (χ4v) is 8.24. The molecule has 51 heavy (non-hydrogen) atoms. The predicted octanol–water partition coefficient (Wildman–Crippen LogP) is 12.3. The Kier molecular flexibility index (Phi) is 6.77. The van der Waals surface area contributed by atoms with Gasteiger partial charge in [-0.15, -0.1) is 0 Å². The van der Waals surface area contributed by atoms with Crippen LogP contribution in [0.2, 0.25) is 5.02 Å². The summed E-state index contributed by atoms with van der Waals surface area (Å²) in [4.78, 5) is 10.6. The molecule has 3 nitrogen and oxygen atoms in total. The SMILES string of the molecule is Clc1ccc2c(c1)-c1ccccc1C21c2ccccc2Oc2ccc(-c3nc(-c4ccccc4)cc(-c4ccccc4-c4ccccc4)n3)cc21. The lowest BCUT2D eigenvalue weighted by molar-refractivity contribution is 0.436. The number of nitrogens with zero attached hydrogens (tertiary/aromatic N) is 2. The molecule has 1 spiro atoms. The van der Waals surface area contributed by atoms with Crippen LogP contribution in [0, 0.1) is 0 Å². The van der Waals surface area contributed by atoms with Gasteiger partial charge >= 0.3 is 0 Å². The Bertz CT molecular complexity index is 2640. The minimum absolute atomic E-state index is 0.628. The maximum atomic E-state index is 6.69. The van der Waals surface area contributed by atoms with Crippen molar-refractivity contribution >= 4 is 11.6 Å². The highest BCUT2D eigenvalue weighted by molar-refractivity contribution is 6.31. The Balaban J connectivity index is 1.24. The molecule has 1 aromatic heterocycles. The Morgan fingerprint density at radius 3 is 1.80 bits per heavy atom. The van der Waals surface area contributed by atoms with Gasteiger partial charge in [0.2, 0.25) is 0 Å². The molecule has 0 bridgehead atoms. The third kappa shape index (κ3) is 4.59. The van der Waals surface area contributed by atoms with Crippen molar-refractivity contribution in [1.29, 1.82) is 0 Å². The maximum absolute atomic E-state index is 6.69. The normalized spacial score (nSPS) is 15.0. The Hall–Kier alpha value is -6.29. The van der Waals surface area contributed by atoms with Crippen LogP contribution in [-0.2, 0) is 5.41 Å². The number of hydrogen-bond donors (Lipinski definition) is 0. The number of ether oxygens (including phenoxy) is 1. The van der Waals surface area contributed by atoms with Gasteiger partial charge in [-0.3, -0.25) is 0 Å². The molecule has 2 aliphatic rings. The highest BCUT2D eigenvalue weighted by atomic mass is 35.5. The molecule has 7 aromatic carbocycles. The molecular weight excluding hydrogens is 644 g/mol. The summed E-state index contributed by atoms with van der Waals surface area (Å²) >= 11 is 6.66. The van der Waals surface area contributed by atoms with E-state index in [1.165, 1.54) is 16.7 Å². The van der Waals surface area contributed by atoms with Crippen LogP contribution in [0.25, 0.3) is 56.2 Å². The van der Waals surface area contributed by atoms with Crippen molar-refractivity contribution in [2.75, 3.05) is 0 Å². The third-order valence-electron chi connectivity index (χ3n) is 10.2. The summed E-state index contributed by atoms with van der Waals surface area (Å²) < 4.78 is 6.69. The van der Waals surface area contributed by atoms with Crippen molar-refractivity contribution in [2.45, 2.75) is 5.41 Å². The zero-order chi connectivity index (χ0) is 33.9. The summed E-state index contributed by atoms with van der Waals surface area (Å²) in [6.07, 6.45) is 0. The molecule has 1 unspecified atom stereocenters. The predicted molar refractivity (Wildman–Crippen MR) is 206 cm³/mol. The van der Waals surface area contributed by atoms with E-state index < -0.39 is 5.41 Å². The Morgan fingerprint density at radius 1 is 0.392 bits per heavy atom. The molecule has 4 heteroatoms. The fourth-order valence-electron chi connectivity index (χ4n) is 8.06. The van der Waals surface area contributed by atoms with Gasteiger partial charge in [-0.05, 0) is 75.8 Å². The number of hydrogen-bond acceptors (Lipinski definition) is 3. The molecule has 0 saturated heterocycles. The van der Waals surface area contributed by atoms with E-state index in [0.29, 0.717) is 10.8 Å². The first-order valence-corrected chi connectivity index (χ1v) is 17.5. The van der Waals surface area contributed by atoms with E-state index in [4.69, 9.17) is 26.3 Å². The van der Waals surface area contributed by atoms with Crippen LogP contribution >= 0.6 is 11.6 Å². The van der Waals surface area contributed by atoms with Crippen molar-refractivity contribution < 1.29 is 4.74 Å². The zero-order valence-electron chi connectivity index (χ0n) is 27.4. The standard InChI is InChI=1S/C47H29ClN2O/c48-33-24-25-39-37(28-33)35-18-9-10-20-38(35)47(39)40-21-11-12-22-44(40)51-45-26-23-32(27-41(45)47)46-49-42(31-15-5-2-6-16-31)29-43(50-46)36-19-8-7-17-34(36)30-13-3-1-4-14-30/h1-29H. The van der Waals surface area contributed by atoms with Crippen molar-refractivity contribution in [2.24, 2.45) is 0 Å². The van der Waals surface area contributed by atoms with E-state index in [1.54, 1.807) is 0 Å². The third-order valence-corrected chi connectivity index (χ3v) is 10.5. The second kappa shape index (κ2) is 11.7. The summed E-state index contributed by atoms with van der Waals surface area (Å²) in [6.45, 7) is 0. The van der Waals surface area contributed by atoms with Crippen molar-refractivity contribution in [1.82, 2.24) is 9.97 Å². The zero-order valence-corrected chi connectivity index (χ0v) is 28.2. The van der Waals surface area contributed by atoms with Gasteiger partial charge in [0.1, 0.15) is 11.5 Å². The molecule has 1 aliphatic carbocycles. The molecule has 0 N–H and O–H groups in total. The largest absolute Gasteiger partial charge is 0.457 e. The molecule has 1 atom stereocenters. The van der Waals surface area contributed by atoms with Crippen LogP contribution in [0.1, 0.15) is 22.3 Å². The summed E-state index contributed by atoms with van der Waals surface area (Å²) in [7, 11) is 0. The van der Waals surface area contributed by atoms with Crippen LogP contribution in [-0.4, -0.2) is 9.97 Å². The molecule has 0 radical (unpaired) electrons. The summed E-state index contributed by atoms with van der Waals surface area (Å²) in [5, 5.41) is 0.712. The van der Waals surface area contributed by atoms with Gasteiger partial charge in [-0.2, -0.15) is 0 Å². The monoisotopic (exact) mass is 672 g/mol. The minimum atomic E-state index is -0.628. The number of halogens is 1. The second-order valence-electron chi connectivity index (χ2n) is 13.0. The molecule has 8 aromatic rings. The lowest BCUT2D eigenvalue weighted by Gasteiger charge is -2.39. The fraction of sp³-hybridized carbons (Fsp3) is 0.0213. The maximum Gasteiger partial charge on any atom is 0.160 e. The molecule has 0 saturated carbocycles. The first-order valence-electron chi connectivity index (χ1n) is 17.1. The van der Waals surface area contributed by atoms with Crippen molar-refractivity contribution in [3.63, 3.8) is 0 Å². The summed E-state index contributed by atoms with van der Waals surface area (Å²) in [5.41, 5.74) is 13.2. The van der Waals surface area contributed by atoms with Gasteiger partial charge in [0.15, 0.2) is 5.82 Å². The van der Waals surface area contributed by atoms with E-state index in [0.717, 1.165) is 67.4 Å². The molecular formula is C47H29ClN2O. The Labute approximate surface area is 301 Å². The topological polar surface area (TPSA) is 35.0 Å². The van der Waals surface area contributed by atoms with Crippen molar-refractivity contribution in [3.8, 4) is 67.7 Å². The van der Waals surface area contributed by atoms with E-state index in [-0.39, 0.29) is 0 Å². The lowest BCUT2D eigenvalue weighted by Crippen LogP contribution is -2.32. The quantitative estimate of drug-likeness (QED) is 0.187. The van der Waals surface area contributed by atoms with Gasteiger partial charge < -0.3 is 4.74 Å². The molecule has 10 rings (SSSR count).